The predicted molar refractivity (Wildman–Crippen MR) is 119 cm³/mol. The number of hydrogen-bond donors (Lipinski definition) is 3. The summed E-state index contributed by atoms with van der Waals surface area (Å²) in [6.07, 6.45) is -0.701. The van der Waals surface area contributed by atoms with Gasteiger partial charge in [0.2, 0.25) is 5.91 Å². The maximum atomic E-state index is 14.5. The molecule has 33 heavy (non-hydrogen) atoms. The number of nitrogens with two attached hydrogens (primary N) is 2. The summed E-state index contributed by atoms with van der Waals surface area (Å²) in [6.45, 7) is 5.14. The topological polar surface area (TPSA) is 134 Å². The minimum atomic E-state index is -1.04. The fourth-order valence-electron chi connectivity index (χ4n) is 3.64. The number of halogens is 1. The SMILES string of the molecule is CC(C)(C)OC(=O)C1CC(N)Oc2c(C(=O)N[C@@H](Cc3ccccc3)C(N)=O)cc(F)cc21. The highest BCUT2D eigenvalue weighted by Gasteiger charge is 2.37. The third-order valence-electron chi connectivity index (χ3n) is 5.06. The van der Waals surface area contributed by atoms with Gasteiger partial charge in [0, 0.05) is 18.4 Å². The third kappa shape index (κ3) is 6.07. The predicted octanol–water partition coefficient (Wildman–Crippen LogP) is 2.14. The van der Waals surface area contributed by atoms with Gasteiger partial charge in [0.1, 0.15) is 29.4 Å². The minimum Gasteiger partial charge on any atom is -0.474 e. The van der Waals surface area contributed by atoms with Crippen LogP contribution >= 0.6 is 0 Å². The Hall–Kier alpha value is -3.46. The molecule has 2 unspecified atom stereocenters. The van der Waals surface area contributed by atoms with Crippen molar-refractivity contribution in [3.63, 3.8) is 0 Å². The van der Waals surface area contributed by atoms with E-state index in [0.29, 0.717) is 0 Å². The van der Waals surface area contributed by atoms with Crippen molar-refractivity contribution in [3.05, 3.63) is 65.0 Å². The van der Waals surface area contributed by atoms with Crippen LogP contribution in [0.4, 0.5) is 4.39 Å². The first-order valence-corrected chi connectivity index (χ1v) is 10.6. The Kier molecular flexibility index (Phi) is 7.02. The summed E-state index contributed by atoms with van der Waals surface area (Å²) >= 11 is 0. The number of benzene rings is 2. The Bertz CT molecular complexity index is 1050. The molecule has 1 heterocycles. The molecule has 1 aliphatic heterocycles. The molecule has 3 rings (SSSR count). The van der Waals surface area contributed by atoms with Crippen LogP contribution in [0, 0.1) is 5.82 Å². The van der Waals surface area contributed by atoms with Gasteiger partial charge in [-0.2, -0.15) is 0 Å². The molecular formula is C24H28FN3O5. The van der Waals surface area contributed by atoms with Crippen LogP contribution < -0.4 is 21.5 Å². The van der Waals surface area contributed by atoms with Gasteiger partial charge in [-0.1, -0.05) is 30.3 Å². The second-order valence-corrected chi connectivity index (χ2v) is 8.97. The van der Waals surface area contributed by atoms with E-state index >= 15 is 0 Å². The molecule has 2 aromatic carbocycles. The normalized spacial score (nSPS) is 18.5. The Morgan fingerprint density at radius 3 is 2.48 bits per heavy atom. The van der Waals surface area contributed by atoms with E-state index in [9.17, 15) is 18.8 Å². The highest BCUT2D eigenvalue weighted by molar-refractivity contribution is 6.00. The molecule has 0 saturated carbocycles. The van der Waals surface area contributed by atoms with E-state index in [2.05, 4.69) is 5.32 Å². The maximum Gasteiger partial charge on any atom is 0.314 e. The molecule has 0 bridgehead atoms. The molecule has 0 aliphatic carbocycles. The number of rotatable bonds is 6. The Morgan fingerprint density at radius 2 is 1.88 bits per heavy atom. The fourth-order valence-corrected chi connectivity index (χ4v) is 3.64. The minimum absolute atomic E-state index is 0.0218. The second-order valence-electron chi connectivity index (χ2n) is 8.97. The molecule has 9 heteroatoms. The van der Waals surface area contributed by atoms with Gasteiger partial charge in [-0.05, 0) is 38.5 Å². The number of esters is 1. The van der Waals surface area contributed by atoms with Crippen molar-refractivity contribution in [2.24, 2.45) is 11.5 Å². The summed E-state index contributed by atoms with van der Waals surface area (Å²) in [5.41, 5.74) is 11.4. The summed E-state index contributed by atoms with van der Waals surface area (Å²) in [4.78, 5) is 37.8. The molecule has 8 nitrogen and oxygen atoms in total. The van der Waals surface area contributed by atoms with Crippen molar-refractivity contribution in [1.29, 1.82) is 0 Å². The van der Waals surface area contributed by atoms with Gasteiger partial charge in [0.25, 0.3) is 5.91 Å². The zero-order valence-corrected chi connectivity index (χ0v) is 18.8. The van der Waals surface area contributed by atoms with Gasteiger partial charge in [-0.15, -0.1) is 0 Å². The van der Waals surface area contributed by atoms with Crippen molar-refractivity contribution in [3.8, 4) is 5.75 Å². The molecule has 2 aromatic rings. The molecular weight excluding hydrogens is 429 g/mol. The largest absolute Gasteiger partial charge is 0.474 e. The molecule has 0 radical (unpaired) electrons. The van der Waals surface area contributed by atoms with Crippen molar-refractivity contribution < 1.29 is 28.2 Å². The zero-order valence-electron chi connectivity index (χ0n) is 18.8. The molecule has 2 amide bonds. The van der Waals surface area contributed by atoms with E-state index in [4.69, 9.17) is 20.9 Å². The van der Waals surface area contributed by atoms with Crippen LogP contribution in [0.5, 0.6) is 5.75 Å². The van der Waals surface area contributed by atoms with Gasteiger partial charge in [0.15, 0.2) is 0 Å². The molecule has 3 atom stereocenters. The number of carbonyl (C=O) groups excluding carboxylic acids is 3. The van der Waals surface area contributed by atoms with Gasteiger partial charge in [-0.25, -0.2) is 4.39 Å². The number of fused-ring (bicyclic) bond motifs is 1. The lowest BCUT2D eigenvalue weighted by atomic mass is 9.89. The van der Waals surface area contributed by atoms with E-state index in [0.717, 1.165) is 17.7 Å². The summed E-state index contributed by atoms with van der Waals surface area (Å²) in [7, 11) is 0. The van der Waals surface area contributed by atoms with E-state index < -0.39 is 47.4 Å². The number of hydrogen-bond acceptors (Lipinski definition) is 6. The van der Waals surface area contributed by atoms with Crippen molar-refractivity contribution in [2.75, 3.05) is 0 Å². The first-order chi connectivity index (χ1) is 15.4. The lowest BCUT2D eigenvalue weighted by Gasteiger charge is -2.32. The Morgan fingerprint density at radius 1 is 1.21 bits per heavy atom. The van der Waals surface area contributed by atoms with Crippen LogP contribution in [0.2, 0.25) is 0 Å². The molecule has 0 spiro atoms. The van der Waals surface area contributed by atoms with E-state index in [1.807, 2.05) is 6.07 Å². The lowest BCUT2D eigenvalue weighted by molar-refractivity contribution is -0.158. The number of ether oxygens (including phenoxy) is 2. The zero-order chi connectivity index (χ0) is 24.3. The van der Waals surface area contributed by atoms with E-state index in [1.54, 1.807) is 45.0 Å². The third-order valence-corrected chi connectivity index (χ3v) is 5.06. The molecule has 1 aliphatic rings. The number of nitrogens with one attached hydrogen (secondary N) is 1. The molecule has 0 saturated heterocycles. The number of carbonyl (C=O) groups is 3. The lowest BCUT2D eigenvalue weighted by Crippen LogP contribution is -2.46. The van der Waals surface area contributed by atoms with Crippen molar-refractivity contribution in [2.45, 2.75) is 57.4 Å². The quantitative estimate of drug-likeness (QED) is 0.569. The van der Waals surface area contributed by atoms with Gasteiger partial charge in [0.05, 0.1) is 11.5 Å². The molecule has 176 valence electrons. The van der Waals surface area contributed by atoms with Crippen LogP contribution in [-0.2, 0) is 20.7 Å². The highest BCUT2D eigenvalue weighted by Crippen LogP contribution is 2.40. The first-order valence-electron chi connectivity index (χ1n) is 10.6. The average Bonchev–Trinajstić information content (AvgIpc) is 2.72. The highest BCUT2D eigenvalue weighted by atomic mass is 19.1. The van der Waals surface area contributed by atoms with Crippen LogP contribution in [0.25, 0.3) is 0 Å². The van der Waals surface area contributed by atoms with Crippen LogP contribution in [-0.4, -0.2) is 35.7 Å². The summed E-state index contributed by atoms with van der Waals surface area (Å²) < 4.78 is 25.6. The van der Waals surface area contributed by atoms with E-state index in [-0.39, 0.29) is 29.7 Å². The summed E-state index contributed by atoms with van der Waals surface area (Å²) in [5.74, 6) is -3.80. The second kappa shape index (κ2) is 9.58. The number of primary amides is 1. The van der Waals surface area contributed by atoms with Crippen LogP contribution in [0.3, 0.4) is 0 Å². The Balaban J connectivity index is 1.92. The number of amides is 2. The monoisotopic (exact) mass is 457 g/mol. The van der Waals surface area contributed by atoms with Crippen LogP contribution in [0.15, 0.2) is 42.5 Å². The standard InChI is InChI=1S/C24H28FN3O5/c1-24(2,3)33-23(31)16-12-19(26)32-20-15(16)10-14(25)11-17(20)22(30)28-18(21(27)29)9-13-7-5-4-6-8-13/h4-8,10-11,16,18-19H,9,12,26H2,1-3H3,(H2,27,29)(H,28,30)/t16?,18-,19?/m0/s1. The average molecular weight is 458 g/mol. The maximum absolute atomic E-state index is 14.5. The molecule has 5 N–H and O–H groups in total. The Labute approximate surface area is 191 Å². The summed E-state index contributed by atoms with van der Waals surface area (Å²) in [6, 6.07) is 10.1. The fraction of sp³-hybridized carbons (Fsp3) is 0.375. The molecule has 0 fully saturated rings. The van der Waals surface area contributed by atoms with Crippen molar-refractivity contribution >= 4 is 17.8 Å². The first kappa shape index (κ1) is 24.2. The summed E-state index contributed by atoms with van der Waals surface area (Å²) in [5, 5.41) is 2.54. The van der Waals surface area contributed by atoms with Gasteiger partial charge < -0.3 is 20.5 Å². The smallest absolute Gasteiger partial charge is 0.314 e. The molecule has 0 aromatic heterocycles. The van der Waals surface area contributed by atoms with E-state index in [1.165, 1.54) is 0 Å². The van der Waals surface area contributed by atoms with Gasteiger partial charge in [-0.3, -0.25) is 20.1 Å². The van der Waals surface area contributed by atoms with Crippen molar-refractivity contribution in [1.82, 2.24) is 5.32 Å². The van der Waals surface area contributed by atoms with Crippen LogP contribution in [0.1, 0.15) is 54.6 Å². The van der Waals surface area contributed by atoms with Gasteiger partial charge >= 0.3 is 5.97 Å².